The number of likely N-dealkylation sites (N-methyl/N-ethyl adjacent to an activating group) is 1. The molecule has 0 bridgehead atoms. The highest BCUT2D eigenvalue weighted by atomic mass is 16.5. The van der Waals surface area contributed by atoms with Crippen molar-refractivity contribution in [1.29, 1.82) is 0 Å². The third-order valence-electron chi connectivity index (χ3n) is 4.15. The SMILES string of the molecule is CNCCCC(C)N(C)C(C)Cc1ccccc1OC. The summed E-state index contributed by atoms with van der Waals surface area (Å²) >= 11 is 0. The zero-order valence-corrected chi connectivity index (χ0v) is 13.6. The molecule has 3 heteroatoms. The highest BCUT2D eigenvalue weighted by Gasteiger charge is 2.17. The predicted molar refractivity (Wildman–Crippen MR) is 86.5 cm³/mol. The molecule has 114 valence electrons. The third-order valence-corrected chi connectivity index (χ3v) is 4.15. The Bertz CT molecular complexity index is 381. The average Bonchev–Trinajstić information content (AvgIpc) is 2.47. The molecule has 2 atom stereocenters. The summed E-state index contributed by atoms with van der Waals surface area (Å²) in [6, 6.07) is 9.43. The smallest absolute Gasteiger partial charge is 0.122 e. The Morgan fingerprint density at radius 3 is 2.55 bits per heavy atom. The summed E-state index contributed by atoms with van der Waals surface area (Å²) in [5.41, 5.74) is 1.29. The van der Waals surface area contributed by atoms with Crippen molar-refractivity contribution >= 4 is 0 Å². The molecule has 3 nitrogen and oxygen atoms in total. The van der Waals surface area contributed by atoms with E-state index in [9.17, 15) is 0 Å². The first kappa shape index (κ1) is 17.0. The number of methoxy groups -OCH3 is 1. The minimum atomic E-state index is 0.510. The number of para-hydroxylation sites is 1. The lowest BCUT2D eigenvalue weighted by Crippen LogP contribution is -2.38. The van der Waals surface area contributed by atoms with Crippen LogP contribution in [-0.4, -0.2) is 44.7 Å². The zero-order valence-electron chi connectivity index (χ0n) is 13.6. The summed E-state index contributed by atoms with van der Waals surface area (Å²) in [6.07, 6.45) is 3.48. The summed E-state index contributed by atoms with van der Waals surface area (Å²) in [6.45, 7) is 5.70. The van der Waals surface area contributed by atoms with Gasteiger partial charge in [0.1, 0.15) is 5.75 Å². The van der Waals surface area contributed by atoms with Crippen molar-refractivity contribution in [2.24, 2.45) is 0 Å². The van der Waals surface area contributed by atoms with Crippen LogP contribution < -0.4 is 10.1 Å². The molecule has 0 saturated heterocycles. The van der Waals surface area contributed by atoms with Crippen molar-refractivity contribution in [3.8, 4) is 5.75 Å². The second-order valence-electron chi connectivity index (χ2n) is 5.63. The molecule has 0 aliphatic rings. The van der Waals surface area contributed by atoms with E-state index in [2.05, 4.69) is 43.2 Å². The molecule has 0 amide bonds. The van der Waals surface area contributed by atoms with Crippen LogP contribution in [0.15, 0.2) is 24.3 Å². The van der Waals surface area contributed by atoms with Crippen LogP contribution in [0, 0.1) is 0 Å². The van der Waals surface area contributed by atoms with Crippen LogP contribution in [0.3, 0.4) is 0 Å². The maximum atomic E-state index is 5.44. The van der Waals surface area contributed by atoms with Gasteiger partial charge < -0.3 is 15.0 Å². The second kappa shape index (κ2) is 8.98. The van der Waals surface area contributed by atoms with E-state index >= 15 is 0 Å². The fraction of sp³-hybridized carbons (Fsp3) is 0.647. The molecule has 1 rings (SSSR count). The van der Waals surface area contributed by atoms with Gasteiger partial charge in [0.2, 0.25) is 0 Å². The quantitative estimate of drug-likeness (QED) is 0.703. The molecule has 0 aliphatic carbocycles. The minimum absolute atomic E-state index is 0.510. The van der Waals surface area contributed by atoms with Crippen LogP contribution >= 0.6 is 0 Å². The van der Waals surface area contributed by atoms with Crippen molar-refractivity contribution in [3.63, 3.8) is 0 Å². The van der Waals surface area contributed by atoms with Gasteiger partial charge in [0.05, 0.1) is 7.11 Å². The monoisotopic (exact) mass is 278 g/mol. The number of benzene rings is 1. The molecule has 0 aromatic heterocycles. The van der Waals surface area contributed by atoms with Gasteiger partial charge in [0, 0.05) is 12.1 Å². The maximum absolute atomic E-state index is 5.44. The van der Waals surface area contributed by atoms with E-state index in [1.165, 1.54) is 18.4 Å². The fourth-order valence-electron chi connectivity index (χ4n) is 2.55. The highest BCUT2D eigenvalue weighted by Crippen LogP contribution is 2.21. The Morgan fingerprint density at radius 1 is 1.20 bits per heavy atom. The van der Waals surface area contributed by atoms with Crippen LogP contribution in [0.1, 0.15) is 32.3 Å². The number of rotatable bonds is 9. The van der Waals surface area contributed by atoms with E-state index in [0.29, 0.717) is 12.1 Å². The summed E-state index contributed by atoms with van der Waals surface area (Å²) in [4.78, 5) is 2.47. The summed E-state index contributed by atoms with van der Waals surface area (Å²) in [7, 11) is 5.98. The molecule has 0 aliphatic heterocycles. The maximum Gasteiger partial charge on any atom is 0.122 e. The van der Waals surface area contributed by atoms with Crippen molar-refractivity contribution in [2.45, 2.75) is 45.2 Å². The summed E-state index contributed by atoms with van der Waals surface area (Å²) in [5, 5.41) is 3.21. The standard InChI is InChI=1S/C17H30N2O/c1-14(9-8-12-18-3)19(4)15(2)13-16-10-6-7-11-17(16)20-5/h6-7,10-11,14-15,18H,8-9,12-13H2,1-5H3. The molecule has 20 heavy (non-hydrogen) atoms. The number of nitrogens with one attached hydrogen (secondary N) is 1. The van der Waals surface area contributed by atoms with Gasteiger partial charge in [-0.3, -0.25) is 0 Å². The van der Waals surface area contributed by atoms with Crippen LogP contribution in [-0.2, 0) is 6.42 Å². The topological polar surface area (TPSA) is 24.5 Å². The van der Waals surface area contributed by atoms with Gasteiger partial charge in [-0.25, -0.2) is 0 Å². The zero-order chi connectivity index (χ0) is 15.0. The summed E-state index contributed by atoms with van der Waals surface area (Å²) in [5.74, 6) is 0.996. The lowest BCUT2D eigenvalue weighted by Gasteiger charge is -2.31. The number of ether oxygens (including phenoxy) is 1. The Kier molecular flexibility index (Phi) is 7.63. The van der Waals surface area contributed by atoms with E-state index in [0.717, 1.165) is 18.7 Å². The molecule has 0 fully saturated rings. The van der Waals surface area contributed by atoms with E-state index in [1.54, 1.807) is 7.11 Å². The first-order valence-electron chi connectivity index (χ1n) is 7.58. The first-order valence-corrected chi connectivity index (χ1v) is 7.58. The Labute approximate surface area is 124 Å². The van der Waals surface area contributed by atoms with Crippen molar-refractivity contribution < 1.29 is 4.74 Å². The number of nitrogens with zero attached hydrogens (tertiary/aromatic N) is 1. The van der Waals surface area contributed by atoms with Gasteiger partial charge in [-0.15, -0.1) is 0 Å². The highest BCUT2D eigenvalue weighted by molar-refractivity contribution is 5.33. The van der Waals surface area contributed by atoms with E-state index < -0.39 is 0 Å². The Hall–Kier alpha value is -1.06. The molecule has 0 radical (unpaired) electrons. The minimum Gasteiger partial charge on any atom is -0.496 e. The molecule has 0 spiro atoms. The Balaban J connectivity index is 2.54. The van der Waals surface area contributed by atoms with Crippen LogP contribution in [0.4, 0.5) is 0 Å². The van der Waals surface area contributed by atoms with Crippen molar-refractivity contribution in [3.05, 3.63) is 29.8 Å². The van der Waals surface area contributed by atoms with Gasteiger partial charge in [0.25, 0.3) is 0 Å². The molecule has 1 N–H and O–H groups in total. The fourth-order valence-corrected chi connectivity index (χ4v) is 2.55. The average molecular weight is 278 g/mol. The van der Waals surface area contributed by atoms with Gasteiger partial charge in [0.15, 0.2) is 0 Å². The molecule has 0 saturated carbocycles. The van der Waals surface area contributed by atoms with Crippen LogP contribution in [0.25, 0.3) is 0 Å². The van der Waals surface area contributed by atoms with Gasteiger partial charge in [-0.05, 0) is 65.4 Å². The first-order chi connectivity index (χ1) is 9.60. The summed E-state index contributed by atoms with van der Waals surface area (Å²) < 4.78 is 5.44. The van der Waals surface area contributed by atoms with Gasteiger partial charge in [-0.1, -0.05) is 18.2 Å². The van der Waals surface area contributed by atoms with Gasteiger partial charge in [-0.2, -0.15) is 0 Å². The predicted octanol–water partition coefficient (Wildman–Crippen LogP) is 2.95. The van der Waals surface area contributed by atoms with E-state index in [-0.39, 0.29) is 0 Å². The largest absolute Gasteiger partial charge is 0.496 e. The van der Waals surface area contributed by atoms with Crippen LogP contribution in [0.2, 0.25) is 0 Å². The molecule has 2 unspecified atom stereocenters. The molecule has 1 aromatic carbocycles. The second-order valence-corrected chi connectivity index (χ2v) is 5.63. The number of hydrogen-bond donors (Lipinski definition) is 1. The van der Waals surface area contributed by atoms with Gasteiger partial charge >= 0.3 is 0 Å². The lowest BCUT2D eigenvalue weighted by molar-refractivity contribution is 0.183. The van der Waals surface area contributed by atoms with E-state index in [4.69, 9.17) is 4.74 Å². The number of hydrogen-bond acceptors (Lipinski definition) is 3. The molecule has 1 aromatic rings. The van der Waals surface area contributed by atoms with Crippen molar-refractivity contribution in [1.82, 2.24) is 10.2 Å². The van der Waals surface area contributed by atoms with E-state index in [1.807, 2.05) is 19.2 Å². The Morgan fingerprint density at radius 2 is 1.90 bits per heavy atom. The molecular formula is C17H30N2O. The normalized spacial score (nSPS) is 14.3. The molecular weight excluding hydrogens is 248 g/mol. The lowest BCUT2D eigenvalue weighted by atomic mass is 10.0. The van der Waals surface area contributed by atoms with Crippen LogP contribution in [0.5, 0.6) is 5.75 Å². The molecule has 0 heterocycles. The van der Waals surface area contributed by atoms with Crippen molar-refractivity contribution in [2.75, 3.05) is 27.7 Å². The third kappa shape index (κ3) is 5.14.